The first-order chi connectivity index (χ1) is 13.1. The Morgan fingerprint density at radius 1 is 1.07 bits per heavy atom. The van der Waals surface area contributed by atoms with E-state index in [0.717, 1.165) is 32.2 Å². The molecule has 2 aromatic rings. The van der Waals surface area contributed by atoms with E-state index in [1.165, 1.54) is 16.7 Å². The smallest absolute Gasteiger partial charge is 0.0809 e. The summed E-state index contributed by atoms with van der Waals surface area (Å²) < 4.78 is 0. The van der Waals surface area contributed by atoms with E-state index in [2.05, 4.69) is 74.4 Å². The topological polar surface area (TPSA) is 32.7 Å². The Bertz CT molecular complexity index is 698. The van der Waals surface area contributed by atoms with Gasteiger partial charge in [-0.05, 0) is 48.3 Å². The van der Waals surface area contributed by atoms with Crippen molar-refractivity contribution in [2.45, 2.75) is 64.6 Å². The number of hydroxylamine groups is 2. The van der Waals surface area contributed by atoms with Crippen LogP contribution in [0, 0.1) is 5.92 Å². The largest absolute Gasteiger partial charge is 0.396 e. The second kappa shape index (κ2) is 9.01. The van der Waals surface area contributed by atoms with Crippen molar-refractivity contribution in [3.8, 4) is 11.1 Å². The van der Waals surface area contributed by atoms with Crippen molar-refractivity contribution in [3.05, 3.63) is 60.2 Å². The molecule has 0 saturated carbocycles. The lowest BCUT2D eigenvalue weighted by Crippen LogP contribution is -2.44. The van der Waals surface area contributed by atoms with Crippen molar-refractivity contribution < 1.29 is 9.94 Å². The van der Waals surface area contributed by atoms with Crippen LogP contribution in [0.1, 0.15) is 52.0 Å². The number of hydrogen-bond acceptors (Lipinski definition) is 3. The van der Waals surface area contributed by atoms with E-state index in [1.54, 1.807) is 0 Å². The molecule has 3 nitrogen and oxygen atoms in total. The van der Waals surface area contributed by atoms with Crippen molar-refractivity contribution in [1.29, 1.82) is 0 Å². The normalized spacial score (nSPS) is 23.2. The lowest BCUT2D eigenvalue weighted by atomic mass is 9.81. The van der Waals surface area contributed by atoms with Gasteiger partial charge in [-0.15, -0.1) is 0 Å². The maximum absolute atomic E-state index is 9.73. The van der Waals surface area contributed by atoms with E-state index in [4.69, 9.17) is 4.84 Å². The van der Waals surface area contributed by atoms with Crippen LogP contribution in [0.5, 0.6) is 0 Å². The molecule has 3 heteroatoms. The lowest BCUT2D eigenvalue weighted by Gasteiger charge is -2.37. The molecule has 1 fully saturated rings. The standard InChI is InChI=1S/C24H33NO2/c1-4-23-17-24(14-15-26,16-19(2)3)25(27-23)18-20-10-12-22(13-11-20)21-8-6-5-7-9-21/h5-13,19,23,26H,4,14-18H2,1-3H3/t23-,24+/m0/s1. The van der Waals surface area contributed by atoms with Crippen LogP contribution in [0.3, 0.4) is 0 Å². The average molecular weight is 368 g/mol. The highest BCUT2D eigenvalue weighted by atomic mass is 16.7. The minimum atomic E-state index is -0.0678. The summed E-state index contributed by atoms with van der Waals surface area (Å²) in [7, 11) is 0. The molecule has 0 amide bonds. The summed E-state index contributed by atoms with van der Waals surface area (Å²) in [4.78, 5) is 6.32. The summed E-state index contributed by atoms with van der Waals surface area (Å²) in [5.41, 5.74) is 3.65. The second-order valence-electron chi connectivity index (χ2n) is 8.24. The molecule has 2 atom stereocenters. The molecular weight excluding hydrogens is 334 g/mol. The zero-order chi connectivity index (χ0) is 19.3. The molecule has 1 N–H and O–H groups in total. The Balaban J connectivity index is 1.79. The maximum atomic E-state index is 9.73. The van der Waals surface area contributed by atoms with E-state index < -0.39 is 0 Å². The predicted octanol–water partition coefficient (Wildman–Crippen LogP) is 5.44. The Kier molecular flexibility index (Phi) is 6.69. The summed E-state index contributed by atoms with van der Waals surface area (Å²) in [6, 6.07) is 19.2. The van der Waals surface area contributed by atoms with Crippen LogP contribution in [0.15, 0.2) is 54.6 Å². The van der Waals surface area contributed by atoms with Gasteiger partial charge in [-0.1, -0.05) is 75.4 Å². The average Bonchev–Trinajstić information content (AvgIpc) is 3.00. The van der Waals surface area contributed by atoms with Gasteiger partial charge in [0, 0.05) is 13.2 Å². The van der Waals surface area contributed by atoms with E-state index in [9.17, 15) is 5.11 Å². The van der Waals surface area contributed by atoms with Gasteiger partial charge in [0.2, 0.25) is 0 Å². The van der Waals surface area contributed by atoms with Gasteiger partial charge in [0.25, 0.3) is 0 Å². The van der Waals surface area contributed by atoms with Crippen LogP contribution in [-0.2, 0) is 11.4 Å². The molecule has 0 radical (unpaired) electrons. The molecule has 0 aromatic heterocycles. The number of hydrogen-bond donors (Lipinski definition) is 1. The van der Waals surface area contributed by atoms with Gasteiger partial charge in [-0.3, -0.25) is 4.84 Å². The lowest BCUT2D eigenvalue weighted by molar-refractivity contribution is -0.201. The number of aliphatic hydroxyl groups excluding tert-OH is 1. The molecule has 27 heavy (non-hydrogen) atoms. The Hall–Kier alpha value is -1.68. The van der Waals surface area contributed by atoms with Gasteiger partial charge in [0.05, 0.1) is 11.6 Å². The number of rotatable bonds is 8. The molecule has 0 bridgehead atoms. The predicted molar refractivity (Wildman–Crippen MR) is 111 cm³/mol. The van der Waals surface area contributed by atoms with Gasteiger partial charge in [0.1, 0.15) is 0 Å². The Morgan fingerprint density at radius 2 is 1.74 bits per heavy atom. The fourth-order valence-corrected chi connectivity index (χ4v) is 4.36. The molecule has 2 aromatic carbocycles. The third kappa shape index (κ3) is 4.78. The number of aliphatic hydroxyl groups is 1. The molecule has 0 unspecified atom stereocenters. The van der Waals surface area contributed by atoms with Gasteiger partial charge >= 0.3 is 0 Å². The molecule has 0 aliphatic carbocycles. The van der Waals surface area contributed by atoms with Gasteiger partial charge in [0.15, 0.2) is 0 Å². The van der Waals surface area contributed by atoms with E-state index in [1.807, 2.05) is 6.07 Å². The van der Waals surface area contributed by atoms with Crippen LogP contribution in [0.25, 0.3) is 11.1 Å². The molecule has 1 aliphatic rings. The van der Waals surface area contributed by atoms with Crippen molar-refractivity contribution in [2.24, 2.45) is 5.92 Å². The number of benzene rings is 2. The van der Waals surface area contributed by atoms with E-state index in [-0.39, 0.29) is 18.2 Å². The highest BCUT2D eigenvalue weighted by Gasteiger charge is 2.46. The van der Waals surface area contributed by atoms with Crippen molar-refractivity contribution in [1.82, 2.24) is 5.06 Å². The van der Waals surface area contributed by atoms with Crippen molar-refractivity contribution in [3.63, 3.8) is 0 Å². The molecule has 3 rings (SSSR count). The maximum Gasteiger partial charge on any atom is 0.0809 e. The molecule has 0 spiro atoms. The monoisotopic (exact) mass is 367 g/mol. The highest BCUT2D eigenvalue weighted by molar-refractivity contribution is 5.63. The summed E-state index contributed by atoms with van der Waals surface area (Å²) in [5, 5.41) is 11.9. The van der Waals surface area contributed by atoms with Gasteiger partial charge in [-0.25, -0.2) is 0 Å². The summed E-state index contributed by atoms with van der Waals surface area (Å²) in [6.45, 7) is 7.66. The highest BCUT2D eigenvalue weighted by Crippen LogP contribution is 2.41. The van der Waals surface area contributed by atoms with E-state index >= 15 is 0 Å². The van der Waals surface area contributed by atoms with Crippen LogP contribution in [-0.4, -0.2) is 28.4 Å². The Labute approximate surface area is 163 Å². The van der Waals surface area contributed by atoms with Crippen molar-refractivity contribution >= 4 is 0 Å². The first-order valence-electron chi connectivity index (χ1n) is 10.3. The van der Waals surface area contributed by atoms with Crippen LogP contribution in [0.4, 0.5) is 0 Å². The summed E-state index contributed by atoms with van der Waals surface area (Å²) in [5.74, 6) is 0.568. The minimum absolute atomic E-state index is 0.0678. The summed E-state index contributed by atoms with van der Waals surface area (Å²) in [6.07, 6.45) is 4.08. The van der Waals surface area contributed by atoms with Crippen molar-refractivity contribution in [2.75, 3.05) is 6.61 Å². The molecule has 1 saturated heterocycles. The quantitative estimate of drug-likeness (QED) is 0.674. The third-order valence-electron chi connectivity index (χ3n) is 5.62. The second-order valence-corrected chi connectivity index (χ2v) is 8.24. The first kappa shape index (κ1) is 20.1. The summed E-state index contributed by atoms with van der Waals surface area (Å²) >= 11 is 0. The number of nitrogens with zero attached hydrogens (tertiary/aromatic N) is 1. The van der Waals surface area contributed by atoms with Crippen LogP contribution >= 0.6 is 0 Å². The zero-order valence-electron chi connectivity index (χ0n) is 16.9. The fraction of sp³-hybridized carbons (Fsp3) is 0.500. The molecule has 1 aliphatic heterocycles. The minimum Gasteiger partial charge on any atom is -0.396 e. The van der Waals surface area contributed by atoms with Gasteiger partial charge in [-0.2, -0.15) is 5.06 Å². The van der Waals surface area contributed by atoms with Gasteiger partial charge < -0.3 is 5.11 Å². The SMILES string of the molecule is CC[C@H]1C[C@@](CCO)(CC(C)C)N(Cc2ccc(-c3ccccc3)cc2)O1. The Morgan fingerprint density at radius 3 is 2.33 bits per heavy atom. The van der Waals surface area contributed by atoms with E-state index in [0.29, 0.717) is 5.92 Å². The molecular formula is C24H33NO2. The van der Waals surface area contributed by atoms with Crippen LogP contribution in [0.2, 0.25) is 0 Å². The zero-order valence-corrected chi connectivity index (χ0v) is 16.9. The fourth-order valence-electron chi connectivity index (χ4n) is 4.36. The molecule has 146 valence electrons. The third-order valence-corrected chi connectivity index (χ3v) is 5.62. The first-order valence-corrected chi connectivity index (χ1v) is 10.3. The molecule has 1 heterocycles. The van der Waals surface area contributed by atoms with Crippen LogP contribution < -0.4 is 0 Å².